The molecular weight excluding hydrogens is 196 g/mol. The Morgan fingerprint density at radius 3 is 3.00 bits per heavy atom. The Balaban J connectivity index is 1.94. The van der Waals surface area contributed by atoms with Gasteiger partial charge in [-0.15, -0.1) is 0 Å². The first-order valence-corrected chi connectivity index (χ1v) is 6.85. The van der Waals surface area contributed by atoms with Crippen LogP contribution in [0, 0.1) is 11.8 Å². The van der Waals surface area contributed by atoms with Crippen LogP contribution < -0.4 is 0 Å². The summed E-state index contributed by atoms with van der Waals surface area (Å²) < 4.78 is 2.54. The summed E-state index contributed by atoms with van der Waals surface area (Å²) in [5, 5.41) is 0. The Labute approximate surface area is 98.1 Å². The highest BCUT2D eigenvalue weighted by atomic mass is 15.1. The van der Waals surface area contributed by atoms with E-state index in [-0.39, 0.29) is 0 Å². The highest BCUT2D eigenvalue weighted by Crippen LogP contribution is 2.31. The topological polar surface area (TPSA) is 17.8 Å². The zero-order chi connectivity index (χ0) is 11.1. The molecule has 0 saturated carbocycles. The first-order valence-electron chi connectivity index (χ1n) is 6.85. The van der Waals surface area contributed by atoms with Crippen molar-refractivity contribution in [2.45, 2.75) is 58.9 Å². The molecule has 0 spiro atoms. The summed E-state index contributed by atoms with van der Waals surface area (Å²) in [6, 6.07) is 0. The third kappa shape index (κ3) is 1.59. The Morgan fingerprint density at radius 2 is 2.19 bits per heavy atom. The van der Waals surface area contributed by atoms with Gasteiger partial charge < -0.3 is 4.57 Å². The molecule has 2 unspecified atom stereocenters. The second kappa shape index (κ2) is 3.90. The van der Waals surface area contributed by atoms with E-state index in [1.807, 2.05) is 0 Å². The van der Waals surface area contributed by atoms with Gasteiger partial charge in [0, 0.05) is 18.7 Å². The summed E-state index contributed by atoms with van der Waals surface area (Å²) in [5.74, 6) is 3.12. The molecule has 0 N–H and O–H groups in total. The average Bonchev–Trinajstić information content (AvgIpc) is 2.65. The molecule has 16 heavy (non-hydrogen) atoms. The Bertz CT molecular complexity index is 392. The molecule has 2 nitrogen and oxygen atoms in total. The van der Waals surface area contributed by atoms with Crippen molar-refractivity contribution in [3.05, 3.63) is 17.2 Å². The maximum absolute atomic E-state index is 4.87. The van der Waals surface area contributed by atoms with Crippen molar-refractivity contribution < 1.29 is 0 Å². The number of hydrogen-bond acceptors (Lipinski definition) is 1. The van der Waals surface area contributed by atoms with Crippen LogP contribution in [0.15, 0.2) is 0 Å². The quantitative estimate of drug-likeness (QED) is 0.708. The number of aromatic nitrogens is 2. The number of hydrogen-bond donors (Lipinski definition) is 0. The van der Waals surface area contributed by atoms with Crippen LogP contribution in [0.5, 0.6) is 0 Å². The lowest BCUT2D eigenvalue weighted by molar-refractivity contribution is 0.384. The van der Waals surface area contributed by atoms with Crippen molar-refractivity contribution in [2.24, 2.45) is 11.8 Å². The van der Waals surface area contributed by atoms with Gasteiger partial charge in [0.25, 0.3) is 0 Å². The molecule has 2 heteroatoms. The summed E-state index contributed by atoms with van der Waals surface area (Å²) in [6.45, 7) is 5.90. The first kappa shape index (κ1) is 10.4. The van der Waals surface area contributed by atoms with E-state index in [0.29, 0.717) is 0 Å². The molecule has 0 aromatic carbocycles. The predicted molar refractivity (Wildman–Crippen MR) is 65.5 cm³/mol. The van der Waals surface area contributed by atoms with Crippen molar-refractivity contribution in [3.63, 3.8) is 0 Å². The van der Waals surface area contributed by atoms with Crippen LogP contribution in [-0.2, 0) is 25.8 Å². The van der Waals surface area contributed by atoms with Gasteiger partial charge >= 0.3 is 0 Å². The molecule has 0 radical (unpaired) electrons. The maximum atomic E-state index is 4.87. The lowest BCUT2D eigenvalue weighted by Crippen LogP contribution is -2.21. The lowest BCUT2D eigenvalue weighted by Gasteiger charge is -2.25. The molecule has 1 aromatic rings. The number of fused-ring (bicyclic) bond motifs is 3. The third-order valence-electron chi connectivity index (χ3n) is 4.46. The smallest absolute Gasteiger partial charge is 0.109 e. The van der Waals surface area contributed by atoms with E-state index in [2.05, 4.69) is 18.4 Å². The number of rotatable bonds is 1. The molecule has 0 amide bonds. The summed E-state index contributed by atoms with van der Waals surface area (Å²) in [4.78, 5) is 4.87. The van der Waals surface area contributed by atoms with E-state index < -0.39 is 0 Å². The summed E-state index contributed by atoms with van der Waals surface area (Å²) >= 11 is 0. The Hall–Kier alpha value is -0.790. The van der Waals surface area contributed by atoms with Crippen LogP contribution in [0.3, 0.4) is 0 Å². The summed E-state index contributed by atoms with van der Waals surface area (Å²) in [7, 11) is 0. The van der Waals surface area contributed by atoms with Gasteiger partial charge in [-0.2, -0.15) is 0 Å². The van der Waals surface area contributed by atoms with Crippen LogP contribution in [0.4, 0.5) is 0 Å². The SMILES string of the molecule is CCC1CCc2nc3n(c2C1)CCC(C)C3. The van der Waals surface area contributed by atoms with Gasteiger partial charge in [-0.1, -0.05) is 20.3 Å². The predicted octanol–water partition coefficient (Wildman–Crippen LogP) is 2.98. The van der Waals surface area contributed by atoms with Gasteiger partial charge in [0.15, 0.2) is 0 Å². The molecule has 1 aliphatic carbocycles. The first-order chi connectivity index (χ1) is 7.78. The molecule has 2 atom stereocenters. The van der Waals surface area contributed by atoms with E-state index in [4.69, 9.17) is 4.98 Å². The van der Waals surface area contributed by atoms with Gasteiger partial charge in [-0.3, -0.25) is 0 Å². The largest absolute Gasteiger partial charge is 0.332 e. The molecule has 1 aromatic heterocycles. The van der Waals surface area contributed by atoms with Crippen molar-refractivity contribution in [2.75, 3.05) is 0 Å². The molecule has 88 valence electrons. The van der Waals surface area contributed by atoms with Gasteiger partial charge in [0.1, 0.15) is 5.82 Å². The zero-order valence-electron chi connectivity index (χ0n) is 10.5. The minimum atomic E-state index is 0.832. The van der Waals surface area contributed by atoms with Crippen LogP contribution in [0.25, 0.3) is 0 Å². The van der Waals surface area contributed by atoms with E-state index >= 15 is 0 Å². The van der Waals surface area contributed by atoms with Crippen molar-refractivity contribution in [1.29, 1.82) is 0 Å². The average molecular weight is 218 g/mol. The van der Waals surface area contributed by atoms with E-state index in [1.165, 1.54) is 56.6 Å². The molecular formula is C14H22N2. The molecule has 0 bridgehead atoms. The number of nitrogens with zero attached hydrogens (tertiary/aromatic N) is 2. The van der Waals surface area contributed by atoms with Gasteiger partial charge in [-0.25, -0.2) is 4.98 Å². The normalized spacial score (nSPS) is 28.6. The standard InChI is InChI=1S/C14H22N2/c1-3-11-4-5-12-13(9-11)16-7-6-10(2)8-14(16)15-12/h10-11H,3-9H2,1-2H3. The maximum Gasteiger partial charge on any atom is 0.109 e. The molecule has 0 saturated heterocycles. The second-order valence-corrected chi connectivity index (χ2v) is 5.69. The van der Waals surface area contributed by atoms with Crippen LogP contribution >= 0.6 is 0 Å². The molecule has 0 fully saturated rings. The van der Waals surface area contributed by atoms with Gasteiger partial charge in [0.2, 0.25) is 0 Å². The van der Waals surface area contributed by atoms with E-state index in [9.17, 15) is 0 Å². The minimum Gasteiger partial charge on any atom is -0.332 e. The van der Waals surface area contributed by atoms with Crippen molar-refractivity contribution in [1.82, 2.24) is 9.55 Å². The monoisotopic (exact) mass is 218 g/mol. The summed E-state index contributed by atoms with van der Waals surface area (Å²) in [6.07, 6.45) is 7.73. The minimum absolute atomic E-state index is 0.832. The van der Waals surface area contributed by atoms with Crippen molar-refractivity contribution >= 4 is 0 Å². The molecule has 2 aliphatic rings. The second-order valence-electron chi connectivity index (χ2n) is 5.69. The van der Waals surface area contributed by atoms with Gasteiger partial charge in [0.05, 0.1) is 5.69 Å². The number of aryl methyl sites for hydroxylation is 1. The highest BCUT2D eigenvalue weighted by Gasteiger charge is 2.27. The van der Waals surface area contributed by atoms with E-state index in [0.717, 1.165) is 11.8 Å². The molecule has 2 heterocycles. The van der Waals surface area contributed by atoms with Gasteiger partial charge in [-0.05, 0) is 37.5 Å². The zero-order valence-corrected chi connectivity index (χ0v) is 10.5. The van der Waals surface area contributed by atoms with Crippen molar-refractivity contribution in [3.8, 4) is 0 Å². The third-order valence-corrected chi connectivity index (χ3v) is 4.46. The summed E-state index contributed by atoms with van der Waals surface area (Å²) in [5.41, 5.74) is 3.01. The van der Waals surface area contributed by atoms with Crippen LogP contribution in [0.2, 0.25) is 0 Å². The molecule has 1 aliphatic heterocycles. The van der Waals surface area contributed by atoms with Crippen LogP contribution in [0.1, 0.15) is 50.3 Å². The fourth-order valence-electron chi connectivity index (χ4n) is 3.27. The number of imidazole rings is 1. The van der Waals surface area contributed by atoms with E-state index in [1.54, 1.807) is 5.69 Å². The Morgan fingerprint density at radius 1 is 1.31 bits per heavy atom. The van der Waals surface area contributed by atoms with Crippen LogP contribution in [-0.4, -0.2) is 9.55 Å². The lowest BCUT2D eigenvalue weighted by atomic mass is 9.88. The Kier molecular flexibility index (Phi) is 2.53. The fraction of sp³-hybridized carbons (Fsp3) is 0.786. The highest BCUT2D eigenvalue weighted by molar-refractivity contribution is 5.22. The fourth-order valence-corrected chi connectivity index (χ4v) is 3.27. The molecule has 3 rings (SSSR count).